The molecule has 0 radical (unpaired) electrons. The van der Waals surface area contributed by atoms with Crippen LogP contribution >= 0.6 is 0 Å². The second-order valence-electron chi connectivity index (χ2n) is 5.79. The Morgan fingerprint density at radius 1 is 1.56 bits per heavy atom. The molecular weight excluding hydrogens is 232 g/mol. The van der Waals surface area contributed by atoms with Crippen LogP contribution in [0.5, 0.6) is 0 Å². The molecule has 2 fully saturated rings. The van der Waals surface area contributed by atoms with E-state index in [1.54, 1.807) is 0 Å². The summed E-state index contributed by atoms with van der Waals surface area (Å²) >= 11 is 0. The second-order valence-corrected chi connectivity index (χ2v) is 5.79. The van der Waals surface area contributed by atoms with Crippen molar-refractivity contribution in [1.29, 1.82) is 0 Å². The molecule has 3 N–H and O–H groups in total. The molecule has 5 heteroatoms. The fourth-order valence-corrected chi connectivity index (χ4v) is 3.12. The maximum Gasteiger partial charge on any atom is 0.243 e. The van der Waals surface area contributed by atoms with Crippen LogP contribution in [0.1, 0.15) is 45.4 Å². The third kappa shape index (κ3) is 2.83. The molecule has 0 aromatic rings. The molecule has 3 unspecified atom stereocenters. The number of amides is 2. The van der Waals surface area contributed by atoms with E-state index in [0.29, 0.717) is 18.8 Å². The molecule has 102 valence electrons. The Bertz CT molecular complexity index is 345. The lowest BCUT2D eigenvalue weighted by Crippen LogP contribution is -2.57. The molecule has 18 heavy (non-hydrogen) atoms. The van der Waals surface area contributed by atoms with Gasteiger partial charge in [-0.05, 0) is 25.2 Å². The van der Waals surface area contributed by atoms with Crippen LogP contribution in [0.2, 0.25) is 0 Å². The second kappa shape index (κ2) is 5.26. The minimum Gasteiger partial charge on any atom is -0.394 e. The number of hydrogen-bond donors (Lipinski definition) is 3. The number of carbonyl (C=O) groups is 2. The Morgan fingerprint density at radius 2 is 2.33 bits per heavy atom. The molecule has 5 nitrogen and oxygen atoms in total. The fourth-order valence-electron chi connectivity index (χ4n) is 3.12. The zero-order valence-electron chi connectivity index (χ0n) is 10.9. The molecule has 1 aliphatic heterocycles. The summed E-state index contributed by atoms with van der Waals surface area (Å²) in [5.41, 5.74) is -0.484. The molecule has 2 aliphatic rings. The van der Waals surface area contributed by atoms with E-state index in [2.05, 4.69) is 17.6 Å². The summed E-state index contributed by atoms with van der Waals surface area (Å²) in [6, 6.07) is -0.418. The number of hydrogen-bond acceptors (Lipinski definition) is 3. The van der Waals surface area contributed by atoms with Gasteiger partial charge in [0.15, 0.2) is 0 Å². The van der Waals surface area contributed by atoms with Crippen molar-refractivity contribution in [2.45, 2.75) is 57.0 Å². The van der Waals surface area contributed by atoms with Gasteiger partial charge in [-0.15, -0.1) is 0 Å². The van der Waals surface area contributed by atoms with Gasteiger partial charge in [-0.1, -0.05) is 19.8 Å². The van der Waals surface area contributed by atoms with E-state index in [4.69, 9.17) is 0 Å². The van der Waals surface area contributed by atoms with Gasteiger partial charge in [-0.25, -0.2) is 0 Å². The van der Waals surface area contributed by atoms with E-state index in [-0.39, 0.29) is 18.4 Å². The first-order valence-electron chi connectivity index (χ1n) is 6.77. The lowest BCUT2D eigenvalue weighted by atomic mass is 9.76. The zero-order chi connectivity index (χ0) is 13.2. The van der Waals surface area contributed by atoms with E-state index in [1.807, 2.05) is 0 Å². The van der Waals surface area contributed by atoms with E-state index in [9.17, 15) is 14.7 Å². The van der Waals surface area contributed by atoms with Crippen LogP contribution in [-0.4, -0.2) is 35.1 Å². The van der Waals surface area contributed by atoms with E-state index in [0.717, 1.165) is 25.7 Å². The predicted molar refractivity (Wildman–Crippen MR) is 66.8 cm³/mol. The Labute approximate surface area is 107 Å². The molecule has 0 aromatic carbocycles. The van der Waals surface area contributed by atoms with Crippen molar-refractivity contribution >= 4 is 11.8 Å². The van der Waals surface area contributed by atoms with Crippen molar-refractivity contribution in [1.82, 2.24) is 10.6 Å². The molecular formula is C13H22N2O3. The van der Waals surface area contributed by atoms with E-state index < -0.39 is 11.6 Å². The lowest BCUT2D eigenvalue weighted by Gasteiger charge is -2.40. The third-order valence-corrected chi connectivity index (χ3v) is 4.09. The summed E-state index contributed by atoms with van der Waals surface area (Å²) in [5.74, 6) is 0.304. The van der Waals surface area contributed by atoms with Crippen molar-refractivity contribution in [2.75, 3.05) is 6.61 Å². The highest BCUT2D eigenvalue weighted by atomic mass is 16.3. The molecule has 0 spiro atoms. The molecule has 1 heterocycles. The molecule has 1 saturated carbocycles. The number of aliphatic hydroxyl groups is 1. The summed E-state index contributed by atoms with van der Waals surface area (Å²) in [4.78, 5) is 23.2. The maximum absolute atomic E-state index is 12.1. The molecule has 2 amide bonds. The summed E-state index contributed by atoms with van der Waals surface area (Å²) in [5, 5.41) is 15.2. The first-order valence-corrected chi connectivity index (χ1v) is 6.77. The maximum atomic E-state index is 12.1. The molecule has 3 atom stereocenters. The highest BCUT2D eigenvalue weighted by Gasteiger charge is 2.38. The summed E-state index contributed by atoms with van der Waals surface area (Å²) in [6.07, 6.45) is 4.79. The molecule has 0 bridgehead atoms. The average Bonchev–Trinajstić information content (AvgIpc) is 2.76. The summed E-state index contributed by atoms with van der Waals surface area (Å²) < 4.78 is 0. The van der Waals surface area contributed by atoms with Gasteiger partial charge in [0, 0.05) is 6.42 Å². The van der Waals surface area contributed by atoms with Gasteiger partial charge in [0.25, 0.3) is 0 Å². The predicted octanol–water partition coefficient (Wildman–Crippen LogP) is 0.322. The van der Waals surface area contributed by atoms with Crippen LogP contribution in [0.25, 0.3) is 0 Å². The van der Waals surface area contributed by atoms with Gasteiger partial charge in [-0.2, -0.15) is 0 Å². The lowest BCUT2D eigenvalue weighted by molar-refractivity contribution is -0.128. The van der Waals surface area contributed by atoms with Crippen LogP contribution < -0.4 is 10.6 Å². The third-order valence-electron chi connectivity index (χ3n) is 4.09. The van der Waals surface area contributed by atoms with Crippen molar-refractivity contribution < 1.29 is 14.7 Å². The Hall–Kier alpha value is -1.10. The number of aliphatic hydroxyl groups excluding tert-OH is 1. The van der Waals surface area contributed by atoms with Gasteiger partial charge in [-0.3, -0.25) is 9.59 Å². The first-order chi connectivity index (χ1) is 8.54. The Kier molecular flexibility index (Phi) is 3.90. The summed E-state index contributed by atoms with van der Waals surface area (Å²) in [7, 11) is 0. The SMILES string of the molecule is CC1CCCC(CO)(NC(=O)C2CCC(=O)N2)C1. The zero-order valence-corrected chi connectivity index (χ0v) is 10.9. The smallest absolute Gasteiger partial charge is 0.243 e. The van der Waals surface area contributed by atoms with Crippen LogP contribution in [0.3, 0.4) is 0 Å². The van der Waals surface area contributed by atoms with Gasteiger partial charge in [0.05, 0.1) is 12.1 Å². The normalized spacial score (nSPS) is 36.2. The van der Waals surface area contributed by atoms with E-state index >= 15 is 0 Å². The largest absolute Gasteiger partial charge is 0.394 e. The Morgan fingerprint density at radius 3 is 2.89 bits per heavy atom. The van der Waals surface area contributed by atoms with Crippen LogP contribution in [0.4, 0.5) is 0 Å². The van der Waals surface area contributed by atoms with Gasteiger partial charge in [0.1, 0.15) is 6.04 Å². The quantitative estimate of drug-likeness (QED) is 0.679. The fraction of sp³-hybridized carbons (Fsp3) is 0.846. The highest BCUT2D eigenvalue weighted by molar-refractivity contribution is 5.91. The van der Waals surface area contributed by atoms with E-state index in [1.165, 1.54) is 0 Å². The topological polar surface area (TPSA) is 78.4 Å². The average molecular weight is 254 g/mol. The van der Waals surface area contributed by atoms with Crippen LogP contribution in [0, 0.1) is 5.92 Å². The molecule has 1 aliphatic carbocycles. The van der Waals surface area contributed by atoms with Crippen molar-refractivity contribution in [2.24, 2.45) is 5.92 Å². The molecule has 0 aromatic heterocycles. The monoisotopic (exact) mass is 254 g/mol. The minimum absolute atomic E-state index is 0.0241. The number of nitrogens with one attached hydrogen (secondary N) is 2. The minimum atomic E-state index is -0.484. The first kappa shape index (κ1) is 13.3. The molecule has 2 rings (SSSR count). The van der Waals surface area contributed by atoms with Crippen molar-refractivity contribution in [3.8, 4) is 0 Å². The number of carbonyl (C=O) groups excluding carboxylic acids is 2. The Balaban J connectivity index is 1.97. The van der Waals surface area contributed by atoms with Gasteiger partial charge < -0.3 is 15.7 Å². The number of rotatable bonds is 3. The van der Waals surface area contributed by atoms with Crippen LogP contribution in [0.15, 0.2) is 0 Å². The standard InChI is InChI=1S/C13H22N2O3/c1-9-3-2-6-13(7-9,8-16)15-12(18)10-4-5-11(17)14-10/h9-10,16H,2-8H2,1H3,(H,14,17)(H,15,18). The van der Waals surface area contributed by atoms with Crippen molar-refractivity contribution in [3.05, 3.63) is 0 Å². The molecule has 1 saturated heterocycles. The van der Waals surface area contributed by atoms with Crippen molar-refractivity contribution in [3.63, 3.8) is 0 Å². The van der Waals surface area contributed by atoms with Crippen LogP contribution in [-0.2, 0) is 9.59 Å². The van der Waals surface area contributed by atoms with Gasteiger partial charge in [0.2, 0.25) is 11.8 Å². The summed E-state index contributed by atoms with van der Waals surface area (Å²) in [6.45, 7) is 2.12. The highest BCUT2D eigenvalue weighted by Crippen LogP contribution is 2.32. The van der Waals surface area contributed by atoms with Gasteiger partial charge >= 0.3 is 0 Å².